The number of methoxy groups -OCH3 is 1. The maximum atomic E-state index is 13.6. The summed E-state index contributed by atoms with van der Waals surface area (Å²) in [4.78, 5) is 20.8. The molecule has 3 rings (SSSR count). The Morgan fingerprint density at radius 3 is 3.00 bits per heavy atom. The number of carbonyl (C=O) groups is 1. The number of thiophene rings is 1. The van der Waals surface area contributed by atoms with Gasteiger partial charge in [-0.25, -0.2) is 14.4 Å². The van der Waals surface area contributed by atoms with Crippen molar-refractivity contribution in [2.75, 3.05) is 12.4 Å². The molecule has 0 amide bonds. The lowest BCUT2D eigenvalue weighted by Gasteiger charge is -2.19. The molecule has 0 radical (unpaired) electrons. The van der Waals surface area contributed by atoms with Crippen LogP contribution in [0.4, 0.5) is 10.2 Å². The Kier molecular flexibility index (Phi) is 4.92. The van der Waals surface area contributed by atoms with Crippen LogP contribution in [-0.2, 0) is 9.53 Å². The van der Waals surface area contributed by atoms with E-state index in [0.717, 1.165) is 10.2 Å². The lowest BCUT2D eigenvalue weighted by molar-refractivity contribution is -0.140. The van der Waals surface area contributed by atoms with Crippen molar-refractivity contribution in [1.29, 1.82) is 0 Å². The van der Waals surface area contributed by atoms with Crippen LogP contribution in [0.5, 0.6) is 0 Å². The normalized spacial score (nSPS) is 12.1. The Balaban J connectivity index is 1.99. The Labute approximate surface area is 146 Å². The molecule has 1 aromatic carbocycles. The summed E-state index contributed by atoms with van der Waals surface area (Å²) in [5, 5.41) is 5.92. The number of anilines is 1. The van der Waals surface area contributed by atoms with Gasteiger partial charge in [-0.15, -0.1) is 11.3 Å². The van der Waals surface area contributed by atoms with Gasteiger partial charge in [-0.2, -0.15) is 0 Å². The third-order valence-electron chi connectivity index (χ3n) is 3.46. The number of aromatic nitrogens is 2. The highest BCUT2D eigenvalue weighted by molar-refractivity contribution is 7.16. The molecule has 0 spiro atoms. The summed E-state index contributed by atoms with van der Waals surface area (Å²) in [7, 11) is 1.31. The lowest BCUT2D eigenvalue weighted by Crippen LogP contribution is -2.17. The van der Waals surface area contributed by atoms with Crippen LogP contribution in [0.15, 0.2) is 35.7 Å². The molecule has 0 saturated heterocycles. The van der Waals surface area contributed by atoms with Crippen molar-refractivity contribution < 1.29 is 13.9 Å². The monoisotopic (exact) mass is 365 g/mol. The van der Waals surface area contributed by atoms with Crippen LogP contribution < -0.4 is 5.32 Å². The van der Waals surface area contributed by atoms with Gasteiger partial charge < -0.3 is 10.1 Å². The topological polar surface area (TPSA) is 64.1 Å². The van der Waals surface area contributed by atoms with Crippen LogP contribution in [0.1, 0.15) is 18.0 Å². The van der Waals surface area contributed by atoms with Gasteiger partial charge >= 0.3 is 5.97 Å². The summed E-state index contributed by atoms with van der Waals surface area (Å²) >= 11 is 7.39. The largest absolute Gasteiger partial charge is 0.469 e. The van der Waals surface area contributed by atoms with Gasteiger partial charge in [0.25, 0.3) is 0 Å². The van der Waals surface area contributed by atoms with Crippen LogP contribution in [0.2, 0.25) is 5.28 Å². The van der Waals surface area contributed by atoms with Crippen molar-refractivity contribution >= 4 is 44.9 Å². The molecule has 0 aliphatic heterocycles. The second-order valence-corrected chi connectivity index (χ2v) is 6.25. The van der Waals surface area contributed by atoms with Crippen LogP contribution in [-0.4, -0.2) is 23.0 Å². The second kappa shape index (κ2) is 7.11. The Morgan fingerprint density at radius 2 is 2.25 bits per heavy atom. The minimum absolute atomic E-state index is 0.0210. The summed E-state index contributed by atoms with van der Waals surface area (Å²) < 4.78 is 18.3. The Morgan fingerprint density at radius 1 is 1.42 bits per heavy atom. The van der Waals surface area contributed by atoms with Crippen molar-refractivity contribution in [3.05, 3.63) is 52.4 Å². The van der Waals surface area contributed by atoms with Crippen LogP contribution >= 0.6 is 22.9 Å². The van der Waals surface area contributed by atoms with Gasteiger partial charge in [0.1, 0.15) is 16.5 Å². The van der Waals surface area contributed by atoms with E-state index in [9.17, 15) is 9.18 Å². The molecule has 24 heavy (non-hydrogen) atoms. The molecule has 2 aromatic heterocycles. The van der Waals surface area contributed by atoms with E-state index in [-0.39, 0.29) is 17.5 Å². The van der Waals surface area contributed by atoms with E-state index < -0.39 is 12.0 Å². The zero-order valence-electron chi connectivity index (χ0n) is 12.6. The third-order valence-corrected chi connectivity index (χ3v) is 4.43. The molecule has 0 aliphatic carbocycles. The highest BCUT2D eigenvalue weighted by Crippen LogP contribution is 2.30. The van der Waals surface area contributed by atoms with Gasteiger partial charge in [0.05, 0.1) is 25.0 Å². The summed E-state index contributed by atoms with van der Waals surface area (Å²) in [5.41, 5.74) is 0.610. The average molecular weight is 366 g/mol. The Hall–Kier alpha value is -2.25. The number of esters is 1. The number of fused-ring (bicyclic) bond motifs is 1. The number of halogens is 2. The van der Waals surface area contributed by atoms with E-state index in [1.54, 1.807) is 12.1 Å². The SMILES string of the molecule is COC(=O)CC(Nc1nc(Cl)nc2sccc12)c1cccc(F)c1. The molecule has 0 aliphatic rings. The summed E-state index contributed by atoms with van der Waals surface area (Å²) in [5.74, 6) is -0.312. The van der Waals surface area contributed by atoms with Crippen molar-refractivity contribution in [2.24, 2.45) is 0 Å². The molecular weight excluding hydrogens is 353 g/mol. The molecule has 0 fully saturated rings. The lowest BCUT2D eigenvalue weighted by atomic mass is 10.0. The number of benzene rings is 1. The standard InChI is InChI=1S/C16H13ClFN3O2S/c1-23-13(22)8-12(9-3-2-4-10(18)7-9)19-14-11-5-6-24-15(11)21-16(17)20-14/h2-7,12H,8H2,1H3,(H,19,20,21). The molecule has 0 saturated carbocycles. The van der Waals surface area contributed by atoms with E-state index >= 15 is 0 Å². The number of rotatable bonds is 5. The van der Waals surface area contributed by atoms with E-state index in [0.29, 0.717) is 11.4 Å². The third kappa shape index (κ3) is 3.63. The van der Waals surface area contributed by atoms with Crippen LogP contribution in [0, 0.1) is 5.82 Å². The molecule has 3 aromatic rings. The fourth-order valence-electron chi connectivity index (χ4n) is 2.33. The minimum atomic E-state index is -0.512. The van der Waals surface area contributed by atoms with Gasteiger partial charge in [-0.05, 0) is 40.7 Å². The van der Waals surface area contributed by atoms with E-state index in [4.69, 9.17) is 16.3 Å². The first-order valence-corrected chi connectivity index (χ1v) is 8.32. The first-order chi connectivity index (χ1) is 11.6. The molecule has 0 bridgehead atoms. The smallest absolute Gasteiger partial charge is 0.307 e. The van der Waals surface area contributed by atoms with Crippen LogP contribution in [0.3, 0.4) is 0 Å². The molecule has 1 unspecified atom stereocenters. The molecular formula is C16H13ClFN3O2S. The Bertz CT molecular complexity index is 887. The predicted octanol–water partition coefficient (Wildman–Crippen LogP) is 4.20. The summed E-state index contributed by atoms with van der Waals surface area (Å²) in [6.07, 6.45) is 0.0210. The fraction of sp³-hybridized carbons (Fsp3) is 0.188. The van der Waals surface area contributed by atoms with Crippen molar-refractivity contribution in [2.45, 2.75) is 12.5 Å². The first-order valence-electron chi connectivity index (χ1n) is 7.06. The van der Waals surface area contributed by atoms with Gasteiger partial charge in [0.2, 0.25) is 5.28 Å². The van der Waals surface area contributed by atoms with Gasteiger partial charge in [-0.3, -0.25) is 4.79 Å². The molecule has 8 heteroatoms. The first kappa shape index (κ1) is 16.6. The number of hydrogen-bond acceptors (Lipinski definition) is 6. The average Bonchev–Trinajstić information content (AvgIpc) is 3.02. The summed E-state index contributed by atoms with van der Waals surface area (Å²) in [6.45, 7) is 0. The molecule has 5 nitrogen and oxygen atoms in total. The molecule has 1 N–H and O–H groups in total. The second-order valence-electron chi connectivity index (χ2n) is 5.01. The molecule has 124 valence electrons. The van der Waals surface area contributed by atoms with E-state index in [1.165, 1.54) is 30.6 Å². The van der Waals surface area contributed by atoms with E-state index in [1.807, 2.05) is 11.4 Å². The maximum Gasteiger partial charge on any atom is 0.307 e. The van der Waals surface area contributed by atoms with Crippen molar-refractivity contribution in [3.8, 4) is 0 Å². The number of carbonyl (C=O) groups excluding carboxylic acids is 1. The predicted molar refractivity (Wildman–Crippen MR) is 91.8 cm³/mol. The van der Waals surface area contributed by atoms with Gasteiger partial charge in [0.15, 0.2) is 0 Å². The number of nitrogens with one attached hydrogen (secondary N) is 1. The quantitative estimate of drug-likeness (QED) is 0.542. The number of hydrogen-bond donors (Lipinski definition) is 1. The maximum absolute atomic E-state index is 13.6. The number of ether oxygens (including phenoxy) is 1. The number of nitrogens with zero attached hydrogens (tertiary/aromatic N) is 2. The highest BCUT2D eigenvalue weighted by Gasteiger charge is 2.19. The fourth-order valence-corrected chi connectivity index (χ4v) is 3.31. The van der Waals surface area contributed by atoms with Crippen molar-refractivity contribution in [1.82, 2.24) is 9.97 Å². The summed E-state index contributed by atoms with van der Waals surface area (Å²) in [6, 6.07) is 7.38. The van der Waals surface area contributed by atoms with E-state index in [2.05, 4.69) is 15.3 Å². The molecule has 2 heterocycles. The highest BCUT2D eigenvalue weighted by atomic mass is 35.5. The van der Waals surface area contributed by atoms with Gasteiger partial charge in [-0.1, -0.05) is 12.1 Å². The molecule has 1 atom stereocenters. The van der Waals surface area contributed by atoms with Crippen molar-refractivity contribution in [3.63, 3.8) is 0 Å². The van der Waals surface area contributed by atoms with Gasteiger partial charge in [0, 0.05) is 0 Å². The zero-order chi connectivity index (χ0) is 17.1. The zero-order valence-corrected chi connectivity index (χ0v) is 14.2. The minimum Gasteiger partial charge on any atom is -0.469 e. The van der Waals surface area contributed by atoms with Crippen LogP contribution in [0.25, 0.3) is 10.2 Å².